The van der Waals surface area contributed by atoms with Gasteiger partial charge in [-0.1, -0.05) is 6.92 Å². The van der Waals surface area contributed by atoms with Gasteiger partial charge in [-0.25, -0.2) is 17.9 Å². The number of carbonyl (C=O) groups excluding carboxylic acids is 1. The van der Waals surface area contributed by atoms with Crippen molar-refractivity contribution in [3.63, 3.8) is 0 Å². The van der Waals surface area contributed by atoms with E-state index in [9.17, 15) is 23.1 Å². The summed E-state index contributed by atoms with van der Waals surface area (Å²) >= 11 is 0. The summed E-state index contributed by atoms with van der Waals surface area (Å²) in [6, 6.07) is -0.146. The van der Waals surface area contributed by atoms with Gasteiger partial charge in [0.1, 0.15) is 5.75 Å². The first kappa shape index (κ1) is 18.2. The highest BCUT2D eigenvalue weighted by Gasteiger charge is 2.44. The number of ether oxygens (including phenoxy) is 1. The van der Waals surface area contributed by atoms with Crippen molar-refractivity contribution in [3.05, 3.63) is 0 Å². The van der Waals surface area contributed by atoms with Crippen molar-refractivity contribution >= 4 is 21.9 Å². The lowest BCUT2D eigenvalue weighted by molar-refractivity contribution is -0.147. The molecule has 132 valence electrons. The molecule has 1 unspecified atom stereocenters. The molecule has 23 heavy (non-hydrogen) atoms. The second-order valence-corrected chi connectivity index (χ2v) is 8.33. The minimum Gasteiger partial charge on any atom is -0.479 e. The molecule has 0 aromatic carbocycles. The number of nitrogens with one attached hydrogen (secondary N) is 2. The largest absolute Gasteiger partial charge is 0.479 e. The molecule has 0 radical (unpaired) electrons. The molecule has 1 atom stereocenters. The summed E-state index contributed by atoms with van der Waals surface area (Å²) < 4.78 is 31.7. The van der Waals surface area contributed by atoms with Crippen molar-refractivity contribution < 1.29 is 27.9 Å². The van der Waals surface area contributed by atoms with Crippen molar-refractivity contribution in [2.75, 3.05) is 19.0 Å². The van der Waals surface area contributed by atoms with Gasteiger partial charge < -0.3 is 15.2 Å². The van der Waals surface area contributed by atoms with Crippen LogP contribution in [0.4, 0.5) is 0 Å². The minimum absolute atomic E-state index is 0.127. The number of aliphatic carboxylic acids is 1. The Labute approximate surface area is 136 Å². The Morgan fingerprint density at radius 2 is 1.91 bits per heavy atom. The zero-order valence-corrected chi connectivity index (χ0v) is 14.0. The van der Waals surface area contributed by atoms with E-state index in [0.717, 1.165) is 25.7 Å². The van der Waals surface area contributed by atoms with Gasteiger partial charge in [0, 0.05) is 19.1 Å². The van der Waals surface area contributed by atoms with E-state index in [4.69, 9.17) is 4.74 Å². The Bertz CT molecular complexity index is 548. The van der Waals surface area contributed by atoms with Crippen LogP contribution in [0.1, 0.15) is 39.0 Å². The molecule has 1 saturated heterocycles. The molecule has 1 aliphatic carbocycles. The first-order chi connectivity index (χ1) is 10.7. The molecule has 2 rings (SSSR count). The molecule has 0 spiro atoms. The molecule has 0 bridgehead atoms. The van der Waals surface area contributed by atoms with Crippen LogP contribution in [0.5, 0.6) is 0 Å². The van der Waals surface area contributed by atoms with Gasteiger partial charge in [-0.15, -0.1) is 0 Å². The van der Waals surface area contributed by atoms with E-state index in [0.29, 0.717) is 5.92 Å². The van der Waals surface area contributed by atoms with Crippen LogP contribution in [-0.2, 0) is 24.3 Å². The standard InChI is InChI=1S/C14H24N2O6S/c1-10-2-4-11(5-3-10)16-23(20,21)8-12(17)15-14(13(18)19)6-7-22-9-14/h10-11,16H,2-9H2,1H3,(H,15,17)(H,18,19). The maximum absolute atomic E-state index is 12.1. The van der Waals surface area contributed by atoms with Crippen molar-refractivity contribution in [1.29, 1.82) is 0 Å². The zero-order valence-electron chi connectivity index (χ0n) is 13.2. The van der Waals surface area contributed by atoms with Gasteiger partial charge in [0.05, 0.1) is 6.61 Å². The van der Waals surface area contributed by atoms with Crippen LogP contribution in [0.25, 0.3) is 0 Å². The van der Waals surface area contributed by atoms with E-state index in [2.05, 4.69) is 17.0 Å². The number of sulfonamides is 1. The average molecular weight is 348 g/mol. The topological polar surface area (TPSA) is 122 Å². The highest BCUT2D eigenvalue weighted by atomic mass is 32.2. The predicted molar refractivity (Wildman–Crippen MR) is 82.3 cm³/mol. The third-order valence-corrected chi connectivity index (χ3v) is 5.83. The van der Waals surface area contributed by atoms with E-state index >= 15 is 0 Å². The summed E-state index contributed by atoms with van der Waals surface area (Å²) in [5.74, 6) is -2.21. The molecule has 2 fully saturated rings. The summed E-state index contributed by atoms with van der Waals surface area (Å²) in [6.45, 7) is 2.20. The van der Waals surface area contributed by atoms with Crippen molar-refractivity contribution in [2.45, 2.75) is 50.6 Å². The first-order valence-electron chi connectivity index (χ1n) is 7.85. The third-order valence-electron chi connectivity index (χ3n) is 4.49. The fourth-order valence-electron chi connectivity index (χ4n) is 3.03. The maximum Gasteiger partial charge on any atom is 0.331 e. The third kappa shape index (κ3) is 4.89. The fourth-order valence-corrected chi connectivity index (χ4v) is 4.28. The van der Waals surface area contributed by atoms with Gasteiger partial charge in [0.15, 0.2) is 5.54 Å². The maximum atomic E-state index is 12.1. The van der Waals surface area contributed by atoms with Gasteiger partial charge in [-0.2, -0.15) is 0 Å². The minimum atomic E-state index is -3.79. The van der Waals surface area contributed by atoms with E-state index in [-0.39, 0.29) is 25.7 Å². The second kappa shape index (κ2) is 7.14. The van der Waals surface area contributed by atoms with Gasteiger partial charge in [0.25, 0.3) is 0 Å². The molecule has 1 heterocycles. The van der Waals surface area contributed by atoms with E-state index < -0.39 is 33.2 Å². The normalized spacial score (nSPS) is 31.7. The van der Waals surface area contributed by atoms with Crippen molar-refractivity contribution in [1.82, 2.24) is 10.0 Å². The highest BCUT2D eigenvalue weighted by Crippen LogP contribution is 2.24. The van der Waals surface area contributed by atoms with Gasteiger partial charge in [0.2, 0.25) is 15.9 Å². The summed E-state index contributed by atoms with van der Waals surface area (Å²) in [5.41, 5.74) is -1.52. The Kier molecular flexibility index (Phi) is 5.64. The Balaban J connectivity index is 1.89. The molecule has 8 nitrogen and oxygen atoms in total. The molecule has 0 aromatic heterocycles. The van der Waals surface area contributed by atoms with Crippen molar-refractivity contribution in [2.24, 2.45) is 5.92 Å². The van der Waals surface area contributed by atoms with Crippen LogP contribution in [0.3, 0.4) is 0 Å². The molecule has 3 N–H and O–H groups in total. The Morgan fingerprint density at radius 3 is 2.43 bits per heavy atom. The van der Waals surface area contributed by atoms with E-state index in [1.807, 2.05) is 0 Å². The lowest BCUT2D eigenvalue weighted by Crippen LogP contribution is -2.57. The van der Waals surface area contributed by atoms with Crippen molar-refractivity contribution in [3.8, 4) is 0 Å². The predicted octanol–water partition coefficient (Wildman–Crippen LogP) is -0.156. The number of carbonyl (C=O) groups is 2. The summed E-state index contributed by atoms with van der Waals surface area (Å²) in [7, 11) is -3.79. The monoisotopic (exact) mass is 348 g/mol. The number of rotatable bonds is 6. The molecule has 9 heteroatoms. The first-order valence-corrected chi connectivity index (χ1v) is 9.50. The van der Waals surface area contributed by atoms with Gasteiger partial charge in [-0.05, 0) is 31.6 Å². The number of amides is 1. The lowest BCUT2D eigenvalue weighted by Gasteiger charge is -2.27. The van der Waals surface area contributed by atoms with Crippen LogP contribution in [0.2, 0.25) is 0 Å². The van der Waals surface area contributed by atoms with Crippen LogP contribution >= 0.6 is 0 Å². The number of carboxylic acids is 1. The highest BCUT2D eigenvalue weighted by molar-refractivity contribution is 7.90. The average Bonchev–Trinajstić information content (AvgIpc) is 2.90. The van der Waals surface area contributed by atoms with Gasteiger partial charge >= 0.3 is 5.97 Å². The van der Waals surface area contributed by atoms with Crippen LogP contribution in [-0.4, -0.2) is 55.9 Å². The summed E-state index contributed by atoms with van der Waals surface area (Å²) in [5, 5.41) is 11.5. The summed E-state index contributed by atoms with van der Waals surface area (Å²) in [4.78, 5) is 23.3. The molecule has 0 aromatic rings. The Hall–Kier alpha value is -1.19. The lowest BCUT2D eigenvalue weighted by atomic mass is 9.88. The summed E-state index contributed by atoms with van der Waals surface area (Å²) in [6.07, 6.45) is 3.56. The molecular formula is C14H24N2O6S. The van der Waals surface area contributed by atoms with Crippen LogP contribution < -0.4 is 10.0 Å². The molecule has 1 amide bonds. The number of carboxylic acid groups (broad SMARTS) is 1. The smallest absolute Gasteiger partial charge is 0.331 e. The van der Waals surface area contributed by atoms with Gasteiger partial charge in [-0.3, -0.25) is 4.79 Å². The second-order valence-electron chi connectivity index (χ2n) is 6.57. The number of hydrogen-bond donors (Lipinski definition) is 3. The van der Waals surface area contributed by atoms with Crippen LogP contribution in [0, 0.1) is 5.92 Å². The van der Waals surface area contributed by atoms with Crippen LogP contribution in [0.15, 0.2) is 0 Å². The SMILES string of the molecule is CC1CCC(NS(=O)(=O)CC(=O)NC2(C(=O)O)CCOC2)CC1. The molecule has 2 aliphatic rings. The quantitative estimate of drug-likeness (QED) is 0.613. The fraction of sp³-hybridized carbons (Fsp3) is 0.857. The Morgan fingerprint density at radius 1 is 1.26 bits per heavy atom. The van der Waals surface area contributed by atoms with E-state index in [1.54, 1.807) is 0 Å². The van der Waals surface area contributed by atoms with E-state index in [1.165, 1.54) is 0 Å². The molecule has 1 saturated carbocycles. The number of hydrogen-bond acceptors (Lipinski definition) is 5. The molecule has 1 aliphatic heterocycles. The zero-order chi connectivity index (χ0) is 17.1. The molecular weight excluding hydrogens is 324 g/mol.